The van der Waals surface area contributed by atoms with Gasteiger partial charge in [0.1, 0.15) is 17.8 Å². The van der Waals surface area contributed by atoms with Gasteiger partial charge in [-0.2, -0.15) is 0 Å². The molecule has 3 saturated carbocycles. The molecule has 0 aromatic heterocycles. The van der Waals surface area contributed by atoms with Crippen LogP contribution in [0.3, 0.4) is 0 Å². The van der Waals surface area contributed by atoms with Crippen LogP contribution in [-0.4, -0.2) is 51.2 Å². The van der Waals surface area contributed by atoms with E-state index >= 15 is 4.39 Å². The number of carbonyl (C=O) groups is 3. The minimum Gasteiger partial charge on any atom is -0.459 e. The molecule has 0 heterocycles. The number of esters is 1. The number of fused-ring (bicyclic) bond motifs is 5. The zero-order valence-corrected chi connectivity index (χ0v) is 18.5. The van der Waals surface area contributed by atoms with E-state index in [4.69, 9.17) is 4.74 Å². The van der Waals surface area contributed by atoms with Gasteiger partial charge in [-0.25, -0.2) is 4.39 Å². The molecule has 7 heteroatoms. The summed E-state index contributed by atoms with van der Waals surface area (Å²) in [5.41, 5.74) is -5.29. The molecule has 0 bridgehead atoms. The summed E-state index contributed by atoms with van der Waals surface area (Å²) >= 11 is 0. The Bertz CT molecular complexity index is 908. The molecule has 31 heavy (non-hydrogen) atoms. The predicted molar refractivity (Wildman–Crippen MR) is 110 cm³/mol. The molecule has 0 amide bonds. The van der Waals surface area contributed by atoms with Gasteiger partial charge in [0.2, 0.25) is 0 Å². The van der Waals surface area contributed by atoms with Crippen LogP contribution in [0.25, 0.3) is 0 Å². The summed E-state index contributed by atoms with van der Waals surface area (Å²) in [5.74, 6) is -2.40. The lowest BCUT2D eigenvalue weighted by Gasteiger charge is -2.63. The third-order valence-corrected chi connectivity index (χ3v) is 8.86. The Kier molecular flexibility index (Phi) is 4.91. The lowest BCUT2D eigenvalue weighted by atomic mass is 9.44. The number of hydrogen-bond donors (Lipinski definition) is 2. The van der Waals surface area contributed by atoms with Gasteiger partial charge in [0, 0.05) is 23.7 Å². The maximum absolute atomic E-state index is 17.4. The molecule has 4 rings (SSSR count). The van der Waals surface area contributed by atoms with Gasteiger partial charge in [0.15, 0.2) is 17.2 Å². The molecule has 0 saturated heterocycles. The molecule has 4 aliphatic rings. The number of allylic oxidation sites excluding steroid dienone is 4. The number of ketones is 2. The van der Waals surface area contributed by atoms with Crippen molar-refractivity contribution in [3.63, 3.8) is 0 Å². The zero-order chi connectivity index (χ0) is 23.0. The van der Waals surface area contributed by atoms with E-state index in [2.05, 4.69) is 0 Å². The minimum atomic E-state index is -1.98. The van der Waals surface area contributed by atoms with Crippen LogP contribution in [0.2, 0.25) is 0 Å². The van der Waals surface area contributed by atoms with E-state index in [9.17, 15) is 24.6 Å². The molecule has 0 unspecified atom stereocenters. The third-order valence-electron chi connectivity index (χ3n) is 8.86. The number of rotatable bonds is 3. The number of ether oxygens (including phenoxy) is 1. The molecule has 0 aliphatic heterocycles. The Morgan fingerprint density at radius 2 is 1.94 bits per heavy atom. The van der Waals surface area contributed by atoms with E-state index < -0.39 is 52.0 Å². The molecule has 8 atom stereocenters. The van der Waals surface area contributed by atoms with Gasteiger partial charge in [-0.15, -0.1) is 0 Å². The van der Waals surface area contributed by atoms with Crippen molar-refractivity contribution in [2.75, 3.05) is 0 Å². The summed E-state index contributed by atoms with van der Waals surface area (Å²) in [6, 6.07) is 0. The molecule has 0 aromatic rings. The first-order valence-electron chi connectivity index (χ1n) is 11.1. The number of carbonyl (C=O) groups excluding carboxylic acids is 3. The van der Waals surface area contributed by atoms with Gasteiger partial charge in [-0.3, -0.25) is 14.4 Å². The first-order valence-corrected chi connectivity index (χ1v) is 11.1. The summed E-state index contributed by atoms with van der Waals surface area (Å²) in [6.45, 7) is 6.05. The second kappa shape index (κ2) is 6.82. The highest BCUT2D eigenvalue weighted by Crippen LogP contribution is 2.70. The van der Waals surface area contributed by atoms with Crippen molar-refractivity contribution in [1.82, 2.24) is 0 Å². The molecule has 3 fully saturated rings. The van der Waals surface area contributed by atoms with Crippen molar-refractivity contribution >= 4 is 17.5 Å². The van der Waals surface area contributed by atoms with Crippen molar-refractivity contribution in [2.24, 2.45) is 22.7 Å². The van der Waals surface area contributed by atoms with Crippen molar-refractivity contribution in [1.29, 1.82) is 0 Å². The van der Waals surface area contributed by atoms with Crippen LogP contribution >= 0.6 is 0 Å². The Balaban J connectivity index is 1.86. The predicted octanol–water partition coefficient (Wildman–Crippen LogP) is 2.61. The first-order chi connectivity index (χ1) is 14.3. The lowest BCUT2D eigenvalue weighted by molar-refractivity contribution is -0.228. The van der Waals surface area contributed by atoms with E-state index in [1.54, 1.807) is 19.9 Å². The fourth-order valence-corrected chi connectivity index (χ4v) is 7.26. The van der Waals surface area contributed by atoms with Crippen molar-refractivity contribution in [3.05, 3.63) is 23.8 Å². The van der Waals surface area contributed by atoms with Crippen LogP contribution in [-0.2, 0) is 19.1 Å². The average Bonchev–Trinajstić information content (AvgIpc) is 2.94. The maximum atomic E-state index is 17.4. The van der Waals surface area contributed by atoms with Crippen molar-refractivity contribution < 1.29 is 33.7 Å². The Hall–Kier alpha value is -1.86. The maximum Gasteiger partial charge on any atom is 0.303 e. The normalized spacial score (nSPS) is 47.0. The Labute approximate surface area is 181 Å². The lowest BCUT2D eigenvalue weighted by Crippen LogP contribution is -2.70. The molecule has 4 aliphatic carbocycles. The highest BCUT2D eigenvalue weighted by molar-refractivity contribution is 6.01. The van der Waals surface area contributed by atoms with Gasteiger partial charge >= 0.3 is 5.97 Å². The van der Waals surface area contributed by atoms with E-state index in [1.807, 2.05) is 0 Å². The molecular weight excluding hydrogens is 403 g/mol. The second-order valence-corrected chi connectivity index (χ2v) is 10.3. The zero-order valence-electron chi connectivity index (χ0n) is 18.5. The fraction of sp³-hybridized carbons (Fsp3) is 0.708. The fourth-order valence-electron chi connectivity index (χ4n) is 7.26. The Morgan fingerprint density at radius 3 is 2.55 bits per heavy atom. The summed E-state index contributed by atoms with van der Waals surface area (Å²) in [6.07, 6.45) is 3.37. The SMILES string of the molecule is CC(=O)O[C@H]1C[C@@]2(C)[C@@H](CC[C@]2(O)C(=O)[C@H](C)O)[C@@H]2CCC3=CC(=O)C=C[C@]3(C)[C@@]12F. The number of aliphatic hydroxyl groups excluding tert-OH is 1. The minimum absolute atomic E-state index is 0.0378. The van der Waals surface area contributed by atoms with E-state index in [0.717, 1.165) is 0 Å². The third kappa shape index (κ3) is 2.72. The van der Waals surface area contributed by atoms with Crippen LogP contribution in [0.4, 0.5) is 4.39 Å². The number of hydrogen-bond acceptors (Lipinski definition) is 6. The molecule has 0 spiro atoms. The quantitative estimate of drug-likeness (QED) is 0.663. The van der Waals surface area contributed by atoms with Crippen molar-refractivity contribution in [2.45, 2.75) is 83.3 Å². The standard InChI is InChI=1S/C24H31FO6/c1-13(26)20(29)23(30)10-8-17-18-6-5-15-11-16(28)7-9-21(15,3)24(18,25)19(31-14(2)27)12-22(17,23)4/h7,9,11,13,17-19,26,30H,5-6,8,10,12H2,1-4H3/t13-,17-,18-,19-,21-,22-,23-,24-/m0/s1. The monoisotopic (exact) mass is 434 g/mol. The number of aliphatic hydroxyl groups is 2. The van der Waals surface area contributed by atoms with Gasteiger partial charge in [0.25, 0.3) is 0 Å². The highest BCUT2D eigenvalue weighted by Gasteiger charge is 2.75. The molecule has 170 valence electrons. The van der Waals surface area contributed by atoms with Crippen LogP contribution in [0.15, 0.2) is 23.8 Å². The second-order valence-electron chi connectivity index (χ2n) is 10.3. The Morgan fingerprint density at radius 1 is 1.26 bits per heavy atom. The molecule has 2 N–H and O–H groups in total. The average molecular weight is 435 g/mol. The van der Waals surface area contributed by atoms with Gasteiger partial charge < -0.3 is 14.9 Å². The van der Waals surface area contributed by atoms with E-state index in [0.29, 0.717) is 24.8 Å². The van der Waals surface area contributed by atoms with E-state index in [-0.39, 0.29) is 24.5 Å². The molecular formula is C24H31FO6. The summed E-state index contributed by atoms with van der Waals surface area (Å²) in [5, 5.41) is 21.4. The smallest absolute Gasteiger partial charge is 0.303 e. The summed E-state index contributed by atoms with van der Waals surface area (Å²) < 4.78 is 23.0. The van der Waals surface area contributed by atoms with E-state index in [1.165, 1.54) is 26.0 Å². The van der Waals surface area contributed by atoms with Crippen LogP contribution in [0.1, 0.15) is 59.8 Å². The van der Waals surface area contributed by atoms with Crippen LogP contribution in [0, 0.1) is 22.7 Å². The van der Waals surface area contributed by atoms with Gasteiger partial charge in [-0.1, -0.05) is 18.6 Å². The van der Waals surface area contributed by atoms with Crippen LogP contribution in [0.5, 0.6) is 0 Å². The molecule has 0 aromatic carbocycles. The van der Waals surface area contributed by atoms with Gasteiger partial charge in [0.05, 0.1) is 0 Å². The first kappa shape index (κ1) is 22.3. The topological polar surface area (TPSA) is 101 Å². The van der Waals surface area contributed by atoms with Crippen molar-refractivity contribution in [3.8, 4) is 0 Å². The molecule has 6 nitrogen and oxygen atoms in total. The molecule has 0 radical (unpaired) electrons. The van der Waals surface area contributed by atoms with Gasteiger partial charge in [-0.05, 0) is 64.0 Å². The number of alkyl halides is 1. The number of halogens is 1. The number of Topliss-reactive ketones (excluding diaryl/α,β-unsaturated/α-hetero) is 1. The largest absolute Gasteiger partial charge is 0.459 e. The van der Waals surface area contributed by atoms with Crippen LogP contribution < -0.4 is 0 Å². The highest BCUT2D eigenvalue weighted by atomic mass is 19.1. The summed E-state index contributed by atoms with van der Waals surface area (Å²) in [4.78, 5) is 36.8. The summed E-state index contributed by atoms with van der Waals surface area (Å²) in [7, 11) is 0.